The monoisotopic (exact) mass is 430 g/mol. The van der Waals surface area contributed by atoms with E-state index >= 15 is 0 Å². The largest absolute Gasteiger partial charge is 0.493 e. The van der Waals surface area contributed by atoms with Crippen LogP contribution in [0.4, 0.5) is 0 Å². The fraction of sp³-hybridized carbons (Fsp3) is 0.458. The van der Waals surface area contributed by atoms with Crippen molar-refractivity contribution in [2.45, 2.75) is 26.3 Å². The van der Waals surface area contributed by atoms with Crippen molar-refractivity contribution in [1.82, 2.24) is 9.80 Å². The Balaban J connectivity index is 1.62. The molecule has 5 nitrogen and oxygen atoms in total. The smallest absolute Gasteiger partial charge is 0.260 e. The number of hydrogen-bond acceptors (Lipinski definition) is 4. The first-order chi connectivity index (χ1) is 14.5. The second-order valence-corrected chi connectivity index (χ2v) is 8.34. The van der Waals surface area contributed by atoms with E-state index in [0.717, 1.165) is 31.1 Å². The Morgan fingerprint density at radius 3 is 2.43 bits per heavy atom. The lowest BCUT2D eigenvalue weighted by atomic mass is 9.99. The van der Waals surface area contributed by atoms with E-state index in [1.807, 2.05) is 53.4 Å². The highest BCUT2D eigenvalue weighted by molar-refractivity contribution is 6.30. The molecule has 1 aliphatic rings. The van der Waals surface area contributed by atoms with E-state index in [0.29, 0.717) is 29.6 Å². The fourth-order valence-corrected chi connectivity index (χ4v) is 3.74. The predicted molar refractivity (Wildman–Crippen MR) is 120 cm³/mol. The molecule has 6 heteroatoms. The highest BCUT2D eigenvalue weighted by Gasteiger charge is 2.20. The molecule has 1 fully saturated rings. The Morgan fingerprint density at radius 1 is 1.10 bits per heavy atom. The van der Waals surface area contributed by atoms with Crippen LogP contribution in [0.1, 0.15) is 25.3 Å². The Bertz CT molecular complexity index is 804. The second kappa shape index (κ2) is 11.2. The van der Waals surface area contributed by atoms with Crippen LogP contribution >= 0.6 is 11.6 Å². The number of halogens is 1. The third kappa shape index (κ3) is 6.64. The molecule has 0 bridgehead atoms. The molecule has 0 saturated carbocycles. The van der Waals surface area contributed by atoms with Gasteiger partial charge >= 0.3 is 0 Å². The van der Waals surface area contributed by atoms with Crippen molar-refractivity contribution in [3.05, 3.63) is 59.1 Å². The Hall–Kier alpha value is -2.24. The van der Waals surface area contributed by atoms with Crippen LogP contribution in [0.15, 0.2) is 48.5 Å². The van der Waals surface area contributed by atoms with Crippen LogP contribution in [0, 0.1) is 5.92 Å². The first kappa shape index (κ1) is 22.4. The third-order valence-electron chi connectivity index (χ3n) is 5.62. The zero-order chi connectivity index (χ0) is 21.3. The van der Waals surface area contributed by atoms with E-state index in [1.165, 1.54) is 12.8 Å². The zero-order valence-corrected chi connectivity index (χ0v) is 18.6. The number of ether oxygens (including phenoxy) is 2. The number of piperidine rings is 1. The molecule has 0 aromatic heterocycles. The fourth-order valence-electron chi connectivity index (χ4n) is 3.62. The standard InChI is InChI=1S/C24H31ClN2O3/c1-19-11-13-26(14-12-19)15-16-27(17-20-7-9-21(25)10-8-20)24(28)18-30-23-6-4-3-5-22(23)29-2/h3-10,19H,11-18H2,1-2H3. The summed E-state index contributed by atoms with van der Waals surface area (Å²) in [5.41, 5.74) is 1.05. The molecule has 0 unspecified atom stereocenters. The Kier molecular flexibility index (Phi) is 8.40. The summed E-state index contributed by atoms with van der Waals surface area (Å²) >= 11 is 6.01. The summed E-state index contributed by atoms with van der Waals surface area (Å²) in [6, 6.07) is 15.0. The highest BCUT2D eigenvalue weighted by Crippen LogP contribution is 2.25. The SMILES string of the molecule is COc1ccccc1OCC(=O)N(CCN1CCC(C)CC1)Cc1ccc(Cl)cc1. The van der Waals surface area contributed by atoms with Gasteiger partial charge < -0.3 is 19.3 Å². The van der Waals surface area contributed by atoms with Crippen molar-refractivity contribution in [2.75, 3.05) is 39.9 Å². The van der Waals surface area contributed by atoms with Crippen LogP contribution in [-0.2, 0) is 11.3 Å². The van der Waals surface area contributed by atoms with Gasteiger partial charge in [0.05, 0.1) is 7.11 Å². The summed E-state index contributed by atoms with van der Waals surface area (Å²) in [7, 11) is 1.59. The molecule has 3 rings (SSSR count). The second-order valence-electron chi connectivity index (χ2n) is 7.91. The molecular formula is C24H31ClN2O3. The maximum Gasteiger partial charge on any atom is 0.260 e. The molecular weight excluding hydrogens is 400 g/mol. The van der Waals surface area contributed by atoms with Crippen molar-refractivity contribution in [1.29, 1.82) is 0 Å². The maximum atomic E-state index is 13.0. The average Bonchev–Trinajstić information content (AvgIpc) is 2.77. The minimum atomic E-state index is -0.0405. The van der Waals surface area contributed by atoms with Crippen LogP contribution in [0.5, 0.6) is 11.5 Å². The minimum absolute atomic E-state index is 0.0228. The summed E-state index contributed by atoms with van der Waals surface area (Å²) in [5.74, 6) is 1.95. The normalized spacial score (nSPS) is 15.0. The molecule has 0 aliphatic carbocycles. The quantitative estimate of drug-likeness (QED) is 0.587. The molecule has 0 spiro atoms. The molecule has 0 radical (unpaired) electrons. The van der Waals surface area contributed by atoms with Gasteiger partial charge in [0, 0.05) is 24.7 Å². The van der Waals surface area contributed by atoms with E-state index in [9.17, 15) is 4.79 Å². The molecule has 162 valence electrons. The van der Waals surface area contributed by atoms with Crippen molar-refractivity contribution in [2.24, 2.45) is 5.92 Å². The molecule has 30 heavy (non-hydrogen) atoms. The lowest BCUT2D eigenvalue weighted by Gasteiger charge is -2.32. The summed E-state index contributed by atoms with van der Waals surface area (Å²) in [5, 5.41) is 0.693. The van der Waals surface area contributed by atoms with Crippen molar-refractivity contribution < 1.29 is 14.3 Å². The number of carbonyl (C=O) groups is 1. The van der Waals surface area contributed by atoms with Gasteiger partial charge in [0.2, 0.25) is 0 Å². The first-order valence-corrected chi connectivity index (χ1v) is 10.9. The van der Waals surface area contributed by atoms with Gasteiger partial charge in [0.25, 0.3) is 5.91 Å². The molecule has 0 atom stereocenters. The third-order valence-corrected chi connectivity index (χ3v) is 5.87. The van der Waals surface area contributed by atoms with Gasteiger partial charge in [-0.15, -0.1) is 0 Å². The topological polar surface area (TPSA) is 42.0 Å². The van der Waals surface area contributed by atoms with E-state index in [4.69, 9.17) is 21.1 Å². The molecule has 1 saturated heterocycles. The molecule has 1 amide bonds. The van der Waals surface area contributed by atoms with Crippen molar-refractivity contribution >= 4 is 17.5 Å². The number of methoxy groups -OCH3 is 1. The molecule has 1 aliphatic heterocycles. The van der Waals surface area contributed by atoms with Crippen LogP contribution in [0.2, 0.25) is 5.02 Å². The lowest BCUT2D eigenvalue weighted by molar-refractivity contribution is -0.134. The molecule has 1 heterocycles. The Labute approximate surface area is 184 Å². The molecule has 2 aromatic rings. The summed E-state index contributed by atoms with van der Waals surface area (Å²) in [4.78, 5) is 17.3. The van der Waals surface area contributed by atoms with Crippen LogP contribution < -0.4 is 9.47 Å². The van der Waals surface area contributed by atoms with Gasteiger partial charge in [-0.2, -0.15) is 0 Å². The van der Waals surface area contributed by atoms with Gasteiger partial charge in [-0.1, -0.05) is 42.8 Å². The number of likely N-dealkylation sites (tertiary alicyclic amines) is 1. The lowest BCUT2D eigenvalue weighted by Crippen LogP contribution is -2.42. The summed E-state index contributed by atoms with van der Waals surface area (Å²) < 4.78 is 11.1. The van der Waals surface area contributed by atoms with Crippen LogP contribution in [0.3, 0.4) is 0 Å². The summed E-state index contributed by atoms with van der Waals surface area (Å²) in [6.45, 7) is 6.57. The van der Waals surface area contributed by atoms with E-state index < -0.39 is 0 Å². The summed E-state index contributed by atoms with van der Waals surface area (Å²) in [6.07, 6.45) is 2.45. The van der Waals surface area contributed by atoms with Crippen molar-refractivity contribution in [3.8, 4) is 11.5 Å². The number of nitrogens with zero attached hydrogens (tertiary/aromatic N) is 2. The first-order valence-electron chi connectivity index (χ1n) is 10.6. The van der Waals surface area contributed by atoms with Gasteiger partial charge in [-0.25, -0.2) is 0 Å². The van der Waals surface area contributed by atoms with Gasteiger partial charge in [0.1, 0.15) is 0 Å². The van der Waals surface area contributed by atoms with E-state index in [1.54, 1.807) is 7.11 Å². The van der Waals surface area contributed by atoms with Gasteiger partial charge in [-0.05, 0) is 61.7 Å². The highest BCUT2D eigenvalue weighted by atomic mass is 35.5. The van der Waals surface area contributed by atoms with Crippen molar-refractivity contribution in [3.63, 3.8) is 0 Å². The molecule has 2 aromatic carbocycles. The zero-order valence-electron chi connectivity index (χ0n) is 17.9. The Morgan fingerprint density at radius 2 is 1.77 bits per heavy atom. The van der Waals surface area contributed by atoms with E-state index in [2.05, 4.69) is 11.8 Å². The number of amides is 1. The number of carbonyl (C=O) groups excluding carboxylic acids is 1. The number of benzene rings is 2. The maximum absolute atomic E-state index is 13.0. The predicted octanol–water partition coefficient (Wildman–Crippen LogP) is 4.49. The van der Waals surface area contributed by atoms with Gasteiger partial charge in [-0.3, -0.25) is 4.79 Å². The average molecular weight is 431 g/mol. The number of para-hydroxylation sites is 2. The van der Waals surface area contributed by atoms with Gasteiger partial charge in [0.15, 0.2) is 18.1 Å². The molecule has 0 N–H and O–H groups in total. The number of rotatable bonds is 9. The van der Waals surface area contributed by atoms with Crippen LogP contribution in [0.25, 0.3) is 0 Å². The van der Waals surface area contributed by atoms with E-state index in [-0.39, 0.29) is 12.5 Å². The minimum Gasteiger partial charge on any atom is -0.493 e. The van der Waals surface area contributed by atoms with Crippen LogP contribution in [-0.4, -0.2) is 55.6 Å². The number of hydrogen-bond donors (Lipinski definition) is 0.